The first-order valence-corrected chi connectivity index (χ1v) is 8.46. The molecule has 0 amide bonds. The molecule has 0 bridgehead atoms. The molecule has 0 spiro atoms. The summed E-state index contributed by atoms with van der Waals surface area (Å²) in [5.74, 6) is -1.27. The average Bonchev–Trinajstić information content (AvgIpc) is 2.67. The molecule has 0 aliphatic carbocycles. The molecule has 0 saturated carbocycles. The van der Waals surface area contributed by atoms with E-state index in [-0.39, 0.29) is 12.4 Å². The molecule has 0 N–H and O–H groups in total. The van der Waals surface area contributed by atoms with Crippen molar-refractivity contribution in [3.63, 3.8) is 0 Å². The van der Waals surface area contributed by atoms with E-state index in [4.69, 9.17) is 4.74 Å². The first-order valence-electron chi connectivity index (χ1n) is 8.46. The van der Waals surface area contributed by atoms with Gasteiger partial charge >= 0.3 is 11.9 Å². The Morgan fingerprint density at radius 1 is 0.926 bits per heavy atom. The second-order valence-electron chi connectivity index (χ2n) is 6.23. The second kappa shape index (κ2) is 8.94. The maximum atomic E-state index is 12.3. The van der Waals surface area contributed by atoms with Crippen LogP contribution in [-0.4, -0.2) is 31.4 Å². The fraction of sp³-hybridized carbons (Fsp3) is 0.227. The van der Waals surface area contributed by atoms with Crippen molar-refractivity contribution in [1.29, 1.82) is 0 Å². The van der Waals surface area contributed by atoms with Gasteiger partial charge < -0.3 is 9.47 Å². The maximum Gasteiger partial charge on any atom is 0.337 e. The molecule has 0 aliphatic rings. The molecule has 2 rings (SSSR count). The molecular weight excluding hydrogens is 344 g/mol. The molecule has 2 aromatic carbocycles. The zero-order valence-electron chi connectivity index (χ0n) is 15.9. The summed E-state index contributed by atoms with van der Waals surface area (Å²) in [4.78, 5) is 35.5. The topological polar surface area (TPSA) is 69.7 Å². The first-order chi connectivity index (χ1) is 12.8. The quantitative estimate of drug-likeness (QED) is 0.441. The molecule has 27 heavy (non-hydrogen) atoms. The van der Waals surface area contributed by atoms with Crippen molar-refractivity contribution in [3.05, 3.63) is 75.9 Å². The smallest absolute Gasteiger partial charge is 0.337 e. The average molecular weight is 366 g/mol. The predicted molar refractivity (Wildman–Crippen MR) is 103 cm³/mol. The third-order valence-corrected chi connectivity index (χ3v) is 4.23. The number of methoxy groups -OCH3 is 1. The van der Waals surface area contributed by atoms with Gasteiger partial charge in [0, 0.05) is 11.6 Å². The highest BCUT2D eigenvalue weighted by Gasteiger charge is 2.12. The largest absolute Gasteiger partial charge is 0.465 e. The summed E-state index contributed by atoms with van der Waals surface area (Å²) < 4.78 is 9.66. The lowest BCUT2D eigenvalue weighted by Gasteiger charge is -2.09. The number of aryl methyl sites for hydroxylation is 3. The van der Waals surface area contributed by atoms with E-state index in [2.05, 4.69) is 4.74 Å². The van der Waals surface area contributed by atoms with Crippen molar-refractivity contribution >= 4 is 23.8 Å². The fourth-order valence-corrected chi connectivity index (χ4v) is 2.54. The molecule has 0 aromatic heterocycles. The Morgan fingerprint density at radius 2 is 1.56 bits per heavy atom. The summed E-state index contributed by atoms with van der Waals surface area (Å²) in [6, 6.07) is 10.3. The molecule has 5 nitrogen and oxygen atoms in total. The summed E-state index contributed by atoms with van der Waals surface area (Å²) in [7, 11) is 1.31. The summed E-state index contributed by atoms with van der Waals surface area (Å²) in [5.41, 5.74) is 4.70. The zero-order valence-corrected chi connectivity index (χ0v) is 15.9. The van der Waals surface area contributed by atoms with Crippen molar-refractivity contribution in [2.75, 3.05) is 13.7 Å². The van der Waals surface area contributed by atoms with Crippen molar-refractivity contribution in [2.45, 2.75) is 20.8 Å². The summed E-state index contributed by atoms with van der Waals surface area (Å²) in [6.45, 7) is 5.47. The van der Waals surface area contributed by atoms with Gasteiger partial charge in [0.15, 0.2) is 6.61 Å². The van der Waals surface area contributed by atoms with Crippen molar-refractivity contribution in [2.24, 2.45) is 0 Å². The van der Waals surface area contributed by atoms with E-state index in [1.165, 1.54) is 13.2 Å². The van der Waals surface area contributed by atoms with Gasteiger partial charge in [0.1, 0.15) is 0 Å². The number of benzene rings is 2. The predicted octanol–water partition coefficient (Wildman–Crippen LogP) is 3.84. The van der Waals surface area contributed by atoms with E-state index in [1.807, 2.05) is 32.9 Å². The molecule has 0 fully saturated rings. The zero-order chi connectivity index (χ0) is 20.0. The molecule has 0 heterocycles. The van der Waals surface area contributed by atoms with Gasteiger partial charge in [0.05, 0.1) is 12.7 Å². The lowest BCUT2D eigenvalue weighted by Crippen LogP contribution is -2.14. The number of esters is 2. The van der Waals surface area contributed by atoms with Crippen LogP contribution < -0.4 is 0 Å². The molecule has 2 aromatic rings. The molecule has 0 radical (unpaired) electrons. The minimum atomic E-state index is -0.609. The van der Waals surface area contributed by atoms with Crippen molar-refractivity contribution in [1.82, 2.24) is 0 Å². The molecule has 140 valence electrons. The van der Waals surface area contributed by atoms with E-state index in [0.717, 1.165) is 22.3 Å². The summed E-state index contributed by atoms with van der Waals surface area (Å²) >= 11 is 0. The molecule has 5 heteroatoms. The molecule has 0 aliphatic heterocycles. The van der Waals surface area contributed by atoms with E-state index < -0.39 is 11.9 Å². The van der Waals surface area contributed by atoms with Crippen LogP contribution in [0.5, 0.6) is 0 Å². The Labute approximate surface area is 158 Å². The van der Waals surface area contributed by atoms with Crippen LogP contribution in [-0.2, 0) is 14.3 Å². The Morgan fingerprint density at radius 3 is 2.19 bits per heavy atom. The lowest BCUT2D eigenvalue weighted by molar-refractivity contribution is -0.136. The third-order valence-electron chi connectivity index (χ3n) is 4.23. The van der Waals surface area contributed by atoms with E-state index in [1.54, 1.807) is 30.3 Å². The van der Waals surface area contributed by atoms with Gasteiger partial charge in [-0.15, -0.1) is 0 Å². The minimum Gasteiger partial charge on any atom is -0.465 e. The van der Waals surface area contributed by atoms with Gasteiger partial charge in [-0.25, -0.2) is 9.59 Å². The monoisotopic (exact) mass is 366 g/mol. The van der Waals surface area contributed by atoms with E-state index in [9.17, 15) is 14.4 Å². The van der Waals surface area contributed by atoms with Crippen LogP contribution in [0.3, 0.4) is 0 Å². The van der Waals surface area contributed by atoms with Crippen LogP contribution in [0.25, 0.3) is 6.08 Å². The Bertz CT molecular complexity index is 892. The minimum absolute atomic E-state index is 0.236. The molecule has 0 atom stereocenters. The number of rotatable bonds is 6. The number of hydrogen-bond acceptors (Lipinski definition) is 5. The van der Waals surface area contributed by atoms with Crippen LogP contribution in [0.4, 0.5) is 0 Å². The van der Waals surface area contributed by atoms with Gasteiger partial charge in [-0.1, -0.05) is 18.2 Å². The lowest BCUT2D eigenvalue weighted by atomic mass is 9.98. The van der Waals surface area contributed by atoms with Gasteiger partial charge in [-0.05, 0) is 67.3 Å². The van der Waals surface area contributed by atoms with Gasteiger partial charge in [-0.2, -0.15) is 0 Å². The van der Waals surface area contributed by atoms with Crippen LogP contribution in [0, 0.1) is 20.8 Å². The number of ether oxygens (including phenoxy) is 2. The summed E-state index contributed by atoms with van der Waals surface area (Å²) in [6.07, 6.45) is 2.79. The van der Waals surface area contributed by atoms with Gasteiger partial charge in [-0.3, -0.25) is 4.79 Å². The molecular formula is C22H22O5. The van der Waals surface area contributed by atoms with Crippen molar-refractivity contribution in [3.8, 4) is 0 Å². The van der Waals surface area contributed by atoms with Crippen LogP contribution in [0.15, 0.2) is 42.5 Å². The highest BCUT2D eigenvalue weighted by molar-refractivity contribution is 6.00. The highest BCUT2D eigenvalue weighted by atomic mass is 16.5. The van der Waals surface area contributed by atoms with Crippen LogP contribution >= 0.6 is 0 Å². The normalized spacial score (nSPS) is 10.7. The third kappa shape index (κ3) is 5.38. The number of Topliss-reactive ketones (excluding diaryl/α,β-unsaturated/α-hetero) is 1. The Kier molecular flexibility index (Phi) is 6.66. The fourth-order valence-electron chi connectivity index (χ4n) is 2.54. The number of carbonyl (C=O) groups is 3. The molecule has 0 saturated heterocycles. The van der Waals surface area contributed by atoms with E-state index in [0.29, 0.717) is 11.1 Å². The highest BCUT2D eigenvalue weighted by Crippen LogP contribution is 2.16. The second-order valence-corrected chi connectivity index (χ2v) is 6.23. The number of hydrogen-bond donors (Lipinski definition) is 0. The van der Waals surface area contributed by atoms with Crippen LogP contribution in [0.2, 0.25) is 0 Å². The molecule has 0 unspecified atom stereocenters. The van der Waals surface area contributed by atoms with Gasteiger partial charge in [0.25, 0.3) is 0 Å². The van der Waals surface area contributed by atoms with E-state index >= 15 is 0 Å². The standard InChI is InChI=1S/C22H22O5/c1-14-11-16(3)19(12-15(14)2)20(23)13-27-21(24)10-7-17-5-8-18(9-6-17)22(25)26-4/h5-12H,13H2,1-4H3/b10-7+. The van der Waals surface area contributed by atoms with Gasteiger partial charge in [0.2, 0.25) is 5.78 Å². The SMILES string of the molecule is COC(=O)c1ccc(/C=C/C(=O)OCC(=O)c2cc(C)c(C)cc2C)cc1. The maximum absolute atomic E-state index is 12.3. The van der Waals surface area contributed by atoms with Crippen molar-refractivity contribution < 1.29 is 23.9 Å². The van der Waals surface area contributed by atoms with Crippen LogP contribution in [0.1, 0.15) is 43.0 Å². The Hall–Kier alpha value is -3.21. The number of carbonyl (C=O) groups excluding carboxylic acids is 3. The first kappa shape index (κ1) is 20.1. The summed E-state index contributed by atoms with van der Waals surface area (Å²) in [5, 5.41) is 0. The Balaban J connectivity index is 1.94. The number of ketones is 1.